The summed E-state index contributed by atoms with van der Waals surface area (Å²) < 4.78 is 0. The fourth-order valence-electron chi connectivity index (χ4n) is 3.26. The normalized spacial score (nSPS) is 35.4. The summed E-state index contributed by atoms with van der Waals surface area (Å²) in [5.74, 6) is 0.439. The first kappa shape index (κ1) is 12.4. The zero-order valence-corrected chi connectivity index (χ0v) is 11.0. The lowest BCUT2D eigenvalue weighted by molar-refractivity contribution is 0.281. The van der Waals surface area contributed by atoms with Crippen molar-refractivity contribution in [3.8, 4) is 0 Å². The quantitative estimate of drug-likeness (QED) is 0.719. The molecule has 1 aromatic rings. The van der Waals surface area contributed by atoms with E-state index in [9.17, 15) is 5.11 Å². The van der Waals surface area contributed by atoms with Crippen LogP contribution in [-0.4, -0.2) is 16.5 Å². The molecule has 1 aliphatic carbocycles. The van der Waals surface area contributed by atoms with Gasteiger partial charge in [-0.15, -0.1) is 11.6 Å². The molecule has 1 aromatic carbocycles. The van der Waals surface area contributed by atoms with Crippen LogP contribution in [0.2, 0.25) is 0 Å². The van der Waals surface area contributed by atoms with Crippen molar-refractivity contribution in [1.29, 1.82) is 0 Å². The third-order valence-electron chi connectivity index (χ3n) is 4.18. The molecule has 3 nitrogen and oxygen atoms in total. The van der Waals surface area contributed by atoms with Crippen molar-refractivity contribution in [2.75, 3.05) is 0 Å². The van der Waals surface area contributed by atoms with E-state index in [-0.39, 0.29) is 18.0 Å². The van der Waals surface area contributed by atoms with Crippen LogP contribution < -0.4 is 10.9 Å². The maximum atomic E-state index is 9.23. The molecule has 1 heterocycles. The molecule has 2 fully saturated rings. The SMILES string of the molecule is OCc1cccc(C2NNC3CCCC(Cl)C32)c1. The number of aliphatic hydroxyl groups is 1. The fourth-order valence-corrected chi connectivity index (χ4v) is 3.74. The number of nitrogens with one attached hydrogen (secondary N) is 2. The van der Waals surface area contributed by atoms with Crippen molar-refractivity contribution in [3.63, 3.8) is 0 Å². The Balaban J connectivity index is 1.87. The number of rotatable bonds is 2. The molecule has 2 aliphatic rings. The zero-order chi connectivity index (χ0) is 12.5. The smallest absolute Gasteiger partial charge is 0.0681 e. The molecule has 0 radical (unpaired) electrons. The van der Waals surface area contributed by atoms with Gasteiger partial charge < -0.3 is 5.11 Å². The van der Waals surface area contributed by atoms with Crippen molar-refractivity contribution < 1.29 is 5.11 Å². The maximum absolute atomic E-state index is 9.23. The first-order chi connectivity index (χ1) is 8.79. The molecule has 0 amide bonds. The average molecular weight is 267 g/mol. The van der Waals surface area contributed by atoms with Gasteiger partial charge in [0, 0.05) is 17.3 Å². The number of hydrogen-bond acceptors (Lipinski definition) is 3. The zero-order valence-electron chi connectivity index (χ0n) is 10.3. The highest BCUT2D eigenvalue weighted by Crippen LogP contribution is 2.40. The van der Waals surface area contributed by atoms with Crippen LogP contribution in [0.5, 0.6) is 0 Å². The van der Waals surface area contributed by atoms with Gasteiger partial charge in [0.15, 0.2) is 0 Å². The molecule has 3 rings (SSSR count). The van der Waals surface area contributed by atoms with E-state index >= 15 is 0 Å². The topological polar surface area (TPSA) is 44.3 Å². The molecular weight excluding hydrogens is 248 g/mol. The Kier molecular flexibility index (Phi) is 3.57. The van der Waals surface area contributed by atoms with Crippen LogP contribution in [0.15, 0.2) is 24.3 Å². The van der Waals surface area contributed by atoms with Gasteiger partial charge in [-0.3, -0.25) is 5.43 Å². The molecule has 4 heteroatoms. The predicted molar refractivity (Wildman–Crippen MR) is 72.1 cm³/mol. The first-order valence-corrected chi connectivity index (χ1v) is 7.08. The lowest BCUT2D eigenvalue weighted by atomic mass is 9.79. The van der Waals surface area contributed by atoms with Crippen molar-refractivity contribution in [2.24, 2.45) is 5.92 Å². The van der Waals surface area contributed by atoms with Crippen molar-refractivity contribution in [3.05, 3.63) is 35.4 Å². The molecule has 3 N–H and O–H groups in total. The summed E-state index contributed by atoms with van der Waals surface area (Å²) in [5.41, 5.74) is 8.93. The minimum absolute atomic E-state index is 0.0897. The number of hydrazine groups is 1. The highest BCUT2D eigenvalue weighted by atomic mass is 35.5. The van der Waals surface area contributed by atoms with Crippen LogP contribution in [0, 0.1) is 5.92 Å². The molecule has 1 saturated heterocycles. The monoisotopic (exact) mass is 266 g/mol. The maximum Gasteiger partial charge on any atom is 0.0681 e. The molecule has 1 saturated carbocycles. The largest absolute Gasteiger partial charge is 0.392 e. The summed E-state index contributed by atoms with van der Waals surface area (Å²) >= 11 is 6.51. The molecular formula is C14H19ClN2O. The first-order valence-electron chi connectivity index (χ1n) is 6.64. The predicted octanol–water partition coefficient (Wildman–Crippen LogP) is 2.10. The van der Waals surface area contributed by atoms with Gasteiger partial charge in [-0.1, -0.05) is 30.7 Å². The van der Waals surface area contributed by atoms with E-state index < -0.39 is 0 Å². The van der Waals surface area contributed by atoms with Gasteiger partial charge in [0.2, 0.25) is 0 Å². The van der Waals surface area contributed by atoms with Gasteiger partial charge in [0.25, 0.3) is 0 Å². The second-order valence-corrected chi connectivity index (χ2v) is 5.86. The van der Waals surface area contributed by atoms with E-state index in [0.717, 1.165) is 12.0 Å². The number of hydrogen-bond donors (Lipinski definition) is 3. The number of benzene rings is 1. The summed E-state index contributed by atoms with van der Waals surface area (Å²) in [6, 6.07) is 8.86. The number of halogens is 1. The van der Waals surface area contributed by atoms with Crippen LogP contribution in [0.1, 0.15) is 36.4 Å². The second-order valence-electron chi connectivity index (χ2n) is 5.30. The fraction of sp³-hybridized carbons (Fsp3) is 0.571. The summed E-state index contributed by atoms with van der Waals surface area (Å²) in [6.45, 7) is 0.0897. The third-order valence-corrected chi connectivity index (χ3v) is 4.69. The van der Waals surface area contributed by atoms with E-state index in [1.165, 1.54) is 18.4 Å². The Morgan fingerprint density at radius 3 is 3.00 bits per heavy atom. The summed E-state index contributed by atoms with van der Waals surface area (Å²) in [6.07, 6.45) is 3.49. The summed E-state index contributed by atoms with van der Waals surface area (Å²) in [7, 11) is 0. The Morgan fingerprint density at radius 1 is 1.28 bits per heavy atom. The Bertz CT molecular complexity index is 426. The van der Waals surface area contributed by atoms with E-state index in [1.807, 2.05) is 12.1 Å². The molecule has 0 aromatic heterocycles. The molecule has 1 aliphatic heterocycles. The van der Waals surface area contributed by atoms with Gasteiger partial charge in [-0.05, 0) is 24.0 Å². The lowest BCUT2D eigenvalue weighted by Crippen LogP contribution is -2.37. The molecule has 4 unspecified atom stereocenters. The van der Waals surface area contributed by atoms with E-state index in [0.29, 0.717) is 12.0 Å². The van der Waals surface area contributed by atoms with Crippen LogP contribution in [-0.2, 0) is 6.61 Å². The van der Waals surface area contributed by atoms with Crippen LogP contribution in [0.4, 0.5) is 0 Å². The van der Waals surface area contributed by atoms with Crippen LogP contribution in [0.25, 0.3) is 0 Å². The Hall–Kier alpha value is -0.610. The van der Waals surface area contributed by atoms with Crippen LogP contribution in [0.3, 0.4) is 0 Å². The average Bonchev–Trinajstić information content (AvgIpc) is 2.84. The van der Waals surface area contributed by atoms with Gasteiger partial charge >= 0.3 is 0 Å². The third kappa shape index (κ3) is 2.16. The van der Waals surface area contributed by atoms with Gasteiger partial charge in [-0.25, -0.2) is 5.43 Å². The number of fused-ring (bicyclic) bond motifs is 1. The molecule has 0 spiro atoms. The Labute approximate surface area is 113 Å². The lowest BCUT2D eigenvalue weighted by Gasteiger charge is -2.32. The molecule has 4 atom stereocenters. The van der Waals surface area contributed by atoms with E-state index in [2.05, 4.69) is 23.0 Å². The molecule has 0 bridgehead atoms. The minimum atomic E-state index is 0.0897. The summed E-state index contributed by atoms with van der Waals surface area (Å²) in [5, 5.41) is 9.46. The second kappa shape index (κ2) is 5.17. The van der Waals surface area contributed by atoms with Crippen molar-refractivity contribution in [1.82, 2.24) is 10.9 Å². The summed E-state index contributed by atoms with van der Waals surface area (Å²) in [4.78, 5) is 0. The molecule has 18 heavy (non-hydrogen) atoms. The highest BCUT2D eigenvalue weighted by molar-refractivity contribution is 6.21. The van der Waals surface area contributed by atoms with Gasteiger partial charge in [0.1, 0.15) is 0 Å². The van der Waals surface area contributed by atoms with Gasteiger partial charge in [-0.2, -0.15) is 0 Å². The molecule has 98 valence electrons. The standard InChI is InChI=1S/C14H19ClN2O/c15-11-5-2-6-12-13(11)14(17-16-12)10-4-1-3-9(7-10)8-18/h1,3-4,7,11-14,16-18H,2,5-6,8H2. The number of alkyl halides is 1. The van der Waals surface area contributed by atoms with Crippen LogP contribution >= 0.6 is 11.6 Å². The van der Waals surface area contributed by atoms with E-state index in [1.54, 1.807) is 0 Å². The van der Waals surface area contributed by atoms with Gasteiger partial charge in [0.05, 0.1) is 12.6 Å². The van der Waals surface area contributed by atoms with Crippen molar-refractivity contribution in [2.45, 2.75) is 43.3 Å². The Morgan fingerprint density at radius 2 is 2.17 bits per heavy atom. The van der Waals surface area contributed by atoms with Crippen molar-refractivity contribution >= 4 is 11.6 Å². The minimum Gasteiger partial charge on any atom is -0.392 e. The highest BCUT2D eigenvalue weighted by Gasteiger charge is 2.42. The van der Waals surface area contributed by atoms with E-state index in [4.69, 9.17) is 11.6 Å². The number of aliphatic hydroxyl groups excluding tert-OH is 1.